The molecule has 1 aromatic heterocycles. The molecule has 15 heavy (non-hydrogen) atoms. The summed E-state index contributed by atoms with van der Waals surface area (Å²) in [5, 5.41) is 5.92. The minimum absolute atomic E-state index is 0.278. The van der Waals surface area contributed by atoms with Gasteiger partial charge in [-0.1, -0.05) is 17.7 Å². The summed E-state index contributed by atoms with van der Waals surface area (Å²) in [5.74, 6) is 1.12. The van der Waals surface area contributed by atoms with Crippen LogP contribution >= 0.6 is 0 Å². The van der Waals surface area contributed by atoms with Crippen LogP contribution in [0.2, 0.25) is 0 Å². The Hall–Kier alpha value is -2.10. The summed E-state index contributed by atoms with van der Waals surface area (Å²) in [5.41, 5.74) is 0.881. The first kappa shape index (κ1) is 9.45. The van der Waals surface area contributed by atoms with E-state index in [9.17, 15) is 4.79 Å². The normalized spacial score (nSPS) is 9.93. The Labute approximate surface area is 86.5 Å². The number of hydrogen-bond acceptors (Lipinski definition) is 3. The standard InChI is InChI=1S/C11H10N2O2/c1-8-2-4-9(5-3-8)15-10-6-11(14)13-12-7-10/h2-7H,1H3,(H,13,14). The van der Waals surface area contributed by atoms with Crippen LogP contribution in [0.3, 0.4) is 0 Å². The number of hydrogen-bond donors (Lipinski definition) is 1. The first-order valence-corrected chi connectivity index (χ1v) is 4.53. The largest absolute Gasteiger partial charge is 0.455 e. The van der Waals surface area contributed by atoms with Crippen molar-refractivity contribution < 1.29 is 4.74 Å². The molecule has 0 fully saturated rings. The van der Waals surface area contributed by atoms with Crippen molar-refractivity contribution in [1.82, 2.24) is 10.2 Å². The lowest BCUT2D eigenvalue weighted by Crippen LogP contribution is -2.05. The SMILES string of the molecule is Cc1ccc(Oc2cn[nH]c(=O)c2)cc1. The van der Waals surface area contributed by atoms with Gasteiger partial charge in [-0.3, -0.25) is 4.79 Å². The second-order valence-electron chi connectivity index (χ2n) is 3.20. The van der Waals surface area contributed by atoms with Crippen LogP contribution in [0.4, 0.5) is 0 Å². The van der Waals surface area contributed by atoms with E-state index in [0.717, 1.165) is 5.56 Å². The molecule has 0 spiro atoms. The van der Waals surface area contributed by atoms with Crippen molar-refractivity contribution in [2.75, 3.05) is 0 Å². The highest BCUT2D eigenvalue weighted by Crippen LogP contribution is 2.18. The summed E-state index contributed by atoms with van der Waals surface area (Å²) < 4.78 is 5.43. The highest BCUT2D eigenvalue weighted by atomic mass is 16.5. The van der Waals surface area contributed by atoms with E-state index >= 15 is 0 Å². The van der Waals surface area contributed by atoms with Gasteiger partial charge in [0.1, 0.15) is 5.75 Å². The van der Waals surface area contributed by atoms with Gasteiger partial charge in [-0.05, 0) is 19.1 Å². The van der Waals surface area contributed by atoms with Crippen LogP contribution in [0.5, 0.6) is 11.5 Å². The highest BCUT2D eigenvalue weighted by Gasteiger charge is 1.97. The lowest BCUT2D eigenvalue weighted by molar-refractivity contribution is 0.477. The summed E-state index contributed by atoms with van der Waals surface area (Å²) in [7, 11) is 0. The molecule has 1 N–H and O–H groups in total. The van der Waals surface area contributed by atoms with Crippen LogP contribution in [-0.4, -0.2) is 10.2 Å². The summed E-state index contributed by atoms with van der Waals surface area (Å²) >= 11 is 0. The van der Waals surface area contributed by atoms with Crippen molar-refractivity contribution in [2.24, 2.45) is 0 Å². The first-order valence-electron chi connectivity index (χ1n) is 4.53. The van der Waals surface area contributed by atoms with Crippen molar-refractivity contribution in [3.8, 4) is 11.5 Å². The van der Waals surface area contributed by atoms with Gasteiger partial charge in [0, 0.05) is 6.07 Å². The molecule has 0 radical (unpaired) electrons. The Morgan fingerprint density at radius 1 is 1.20 bits per heavy atom. The monoisotopic (exact) mass is 202 g/mol. The van der Waals surface area contributed by atoms with Gasteiger partial charge in [-0.25, -0.2) is 5.10 Å². The number of nitrogens with zero attached hydrogens (tertiary/aromatic N) is 1. The third-order valence-electron chi connectivity index (χ3n) is 1.90. The number of aromatic nitrogens is 2. The average Bonchev–Trinajstić information content (AvgIpc) is 2.22. The molecule has 1 aromatic carbocycles. The van der Waals surface area contributed by atoms with E-state index in [1.807, 2.05) is 31.2 Å². The van der Waals surface area contributed by atoms with Gasteiger partial charge >= 0.3 is 0 Å². The fraction of sp³-hybridized carbons (Fsp3) is 0.0909. The van der Waals surface area contributed by atoms with Gasteiger partial charge in [0.15, 0.2) is 5.75 Å². The van der Waals surface area contributed by atoms with Crippen LogP contribution in [-0.2, 0) is 0 Å². The summed E-state index contributed by atoms with van der Waals surface area (Å²) in [6, 6.07) is 8.92. The van der Waals surface area contributed by atoms with Gasteiger partial charge in [-0.15, -0.1) is 0 Å². The molecule has 0 saturated carbocycles. The highest BCUT2D eigenvalue weighted by molar-refractivity contribution is 5.30. The summed E-state index contributed by atoms with van der Waals surface area (Å²) in [6.07, 6.45) is 1.46. The van der Waals surface area contributed by atoms with Crippen LogP contribution in [0.15, 0.2) is 41.3 Å². The molecule has 0 atom stereocenters. The van der Waals surface area contributed by atoms with Crippen LogP contribution in [0, 0.1) is 6.92 Å². The van der Waals surface area contributed by atoms with Gasteiger partial charge in [0.25, 0.3) is 5.56 Å². The molecule has 2 aromatic rings. The zero-order valence-electron chi connectivity index (χ0n) is 8.23. The predicted octanol–water partition coefficient (Wildman–Crippen LogP) is 1.87. The first-order chi connectivity index (χ1) is 7.24. The zero-order valence-corrected chi connectivity index (χ0v) is 8.23. The quantitative estimate of drug-likeness (QED) is 0.808. The number of ether oxygens (including phenoxy) is 1. The zero-order chi connectivity index (χ0) is 10.7. The number of aromatic amines is 1. The number of rotatable bonds is 2. The minimum Gasteiger partial charge on any atom is -0.455 e. The lowest BCUT2D eigenvalue weighted by Gasteiger charge is -2.03. The molecular weight excluding hydrogens is 192 g/mol. The Morgan fingerprint density at radius 3 is 2.60 bits per heavy atom. The Balaban J connectivity index is 2.22. The van der Waals surface area contributed by atoms with Gasteiger partial charge in [0.05, 0.1) is 6.20 Å². The number of benzene rings is 1. The third kappa shape index (κ3) is 2.43. The van der Waals surface area contributed by atoms with Crippen LogP contribution in [0.1, 0.15) is 5.56 Å². The second kappa shape index (κ2) is 3.96. The summed E-state index contributed by atoms with van der Waals surface area (Å²) in [6.45, 7) is 2.00. The summed E-state index contributed by atoms with van der Waals surface area (Å²) in [4.78, 5) is 10.9. The second-order valence-corrected chi connectivity index (χ2v) is 3.20. The van der Waals surface area contributed by atoms with Crippen molar-refractivity contribution in [3.05, 3.63) is 52.4 Å². The molecule has 2 rings (SSSR count). The van der Waals surface area contributed by atoms with E-state index in [1.54, 1.807) is 0 Å². The topological polar surface area (TPSA) is 55.0 Å². The Bertz CT molecular complexity index is 502. The molecule has 0 bridgehead atoms. The maximum absolute atomic E-state index is 10.9. The third-order valence-corrected chi connectivity index (χ3v) is 1.90. The molecule has 0 unspecified atom stereocenters. The van der Waals surface area contributed by atoms with E-state index < -0.39 is 0 Å². The molecule has 0 aliphatic carbocycles. The molecule has 1 heterocycles. The lowest BCUT2D eigenvalue weighted by atomic mass is 10.2. The number of nitrogens with one attached hydrogen (secondary N) is 1. The van der Waals surface area contributed by atoms with E-state index in [-0.39, 0.29) is 5.56 Å². The molecule has 0 saturated heterocycles. The smallest absolute Gasteiger partial charge is 0.267 e. The number of H-pyrrole nitrogens is 1. The number of aryl methyl sites for hydroxylation is 1. The molecule has 4 heteroatoms. The van der Waals surface area contributed by atoms with Crippen LogP contribution < -0.4 is 10.3 Å². The van der Waals surface area contributed by atoms with E-state index in [2.05, 4.69) is 10.2 Å². The molecule has 76 valence electrons. The molecule has 0 aliphatic heterocycles. The molecular formula is C11H10N2O2. The van der Waals surface area contributed by atoms with Gasteiger partial charge < -0.3 is 4.74 Å². The van der Waals surface area contributed by atoms with Gasteiger partial charge in [-0.2, -0.15) is 5.10 Å². The maximum Gasteiger partial charge on any atom is 0.267 e. The maximum atomic E-state index is 10.9. The van der Waals surface area contributed by atoms with E-state index in [1.165, 1.54) is 12.3 Å². The van der Waals surface area contributed by atoms with Crippen molar-refractivity contribution in [2.45, 2.75) is 6.92 Å². The van der Waals surface area contributed by atoms with Gasteiger partial charge in [0.2, 0.25) is 0 Å². The predicted molar refractivity (Wildman–Crippen MR) is 56.1 cm³/mol. The fourth-order valence-corrected chi connectivity index (χ4v) is 1.16. The Kier molecular flexibility index (Phi) is 2.49. The minimum atomic E-state index is -0.278. The molecule has 4 nitrogen and oxygen atoms in total. The van der Waals surface area contributed by atoms with Crippen LogP contribution in [0.25, 0.3) is 0 Å². The average molecular weight is 202 g/mol. The molecule has 0 aliphatic rings. The van der Waals surface area contributed by atoms with E-state index in [0.29, 0.717) is 11.5 Å². The van der Waals surface area contributed by atoms with Crippen molar-refractivity contribution in [3.63, 3.8) is 0 Å². The van der Waals surface area contributed by atoms with Crippen molar-refractivity contribution >= 4 is 0 Å². The Morgan fingerprint density at radius 2 is 1.93 bits per heavy atom. The molecule has 0 amide bonds. The fourth-order valence-electron chi connectivity index (χ4n) is 1.16. The van der Waals surface area contributed by atoms with Crippen molar-refractivity contribution in [1.29, 1.82) is 0 Å². The van der Waals surface area contributed by atoms with E-state index in [4.69, 9.17) is 4.74 Å².